The minimum absolute atomic E-state index is 0.0937. The van der Waals surface area contributed by atoms with E-state index in [1.165, 1.54) is 0 Å². The second kappa shape index (κ2) is 9.73. The summed E-state index contributed by atoms with van der Waals surface area (Å²) in [4.78, 5) is 26.3. The second-order valence-electron chi connectivity index (χ2n) is 6.67. The normalized spacial score (nSPS) is 10.6. The minimum Gasteiger partial charge on any atom is -0.483 e. The molecular formula is C21H27N3O3. The molecule has 2 aromatic carbocycles. The fraction of sp³-hybridized carbons (Fsp3) is 0.333. The molecule has 0 saturated carbocycles. The molecule has 0 atom stereocenters. The van der Waals surface area contributed by atoms with Gasteiger partial charge in [0.2, 0.25) is 0 Å². The Bertz CT molecular complexity index is 803. The average molecular weight is 369 g/mol. The van der Waals surface area contributed by atoms with E-state index in [0.29, 0.717) is 23.5 Å². The Morgan fingerprint density at radius 3 is 2.56 bits per heavy atom. The van der Waals surface area contributed by atoms with E-state index in [1.807, 2.05) is 51.0 Å². The molecule has 2 amide bonds. The number of nitrogens with zero attached hydrogens (tertiary/aromatic N) is 1. The summed E-state index contributed by atoms with van der Waals surface area (Å²) in [6.07, 6.45) is 0. The molecular weight excluding hydrogens is 342 g/mol. The lowest BCUT2D eigenvalue weighted by Gasteiger charge is -2.12. The van der Waals surface area contributed by atoms with E-state index in [9.17, 15) is 9.59 Å². The van der Waals surface area contributed by atoms with Crippen molar-refractivity contribution in [2.75, 3.05) is 39.1 Å². The first-order valence-corrected chi connectivity index (χ1v) is 8.88. The fourth-order valence-corrected chi connectivity index (χ4v) is 2.45. The number of carbonyl (C=O) groups is 2. The summed E-state index contributed by atoms with van der Waals surface area (Å²) in [6.45, 7) is 5.19. The number of anilines is 1. The van der Waals surface area contributed by atoms with Crippen molar-refractivity contribution in [1.29, 1.82) is 0 Å². The highest BCUT2D eigenvalue weighted by Crippen LogP contribution is 2.20. The predicted octanol–water partition coefficient (Wildman–Crippen LogP) is 2.61. The van der Waals surface area contributed by atoms with Crippen molar-refractivity contribution in [3.63, 3.8) is 0 Å². The number of likely N-dealkylation sites (N-methyl/N-ethyl adjacent to an activating group) is 1. The first-order valence-electron chi connectivity index (χ1n) is 8.88. The van der Waals surface area contributed by atoms with Crippen LogP contribution in [-0.4, -0.2) is 50.5 Å². The summed E-state index contributed by atoms with van der Waals surface area (Å²) in [5.41, 5.74) is 3.19. The number of rotatable bonds is 8. The van der Waals surface area contributed by atoms with E-state index >= 15 is 0 Å². The van der Waals surface area contributed by atoms with Crippen LogP contribution in [0.3, 0.4) is 0 Å². The van der Waals surface area contributed by atoms with Gasteiger partial charge in [0.05, 0.1) is 0 Å². The van der Waals surface area contributed by atoms with E-state index in [4.69, 9.17) is 4.74 Å². The van der Waals surface area contributed by atoms with Crippen LogP contribution in [0.4, 0.5) is 5.69 Å². The van der Waals surface area contributed by atoms with Crippen LogP contribution in [0.1, 0.15) is 21.5 Å². The standard InChI is InChI=1S/C21H27N3O3/c1-15-7-5-10-19(16(15)2)27-14-20(25)23-18-9-6-8-17(13-18)21(26)22-11-12-24(3)4/h5-10,13H,11-12,14H2,1-4H3,(H,22,26)(H,23,25). The highest BCUT2D eigenvalue weighted by Gasteiger charge is 2.09. The van der Waals surface area contributed by atoms with Gasteiger partial charge in [-0.2, -0.15) is 0 Å². The summed E-state index contributed by atoms with van der Waals surface area (Å²) >= 11 is 0. The Balaban J connectivity index is 1.90. The largest absolute Gasteiger partial charge is 0.483 e. The Labute approximate surface area is 160 Å². The summed E-state index contributed by atoms with van der Waals surface area (Å²) < 4.78 is 5.61. The molecule has 144 valence electrons. The van der Waals surface area contributed by atoms with Gasteiger partial charge in [0.1, 0.15) is 5.75 Å². The molecule has 0 bridgehead atoms. The molecule has 0 aromatic heterocycles. The van der Waals surface area contributed by atoms with Gasteiger partial charge >= 0.3 is 0 Å². The Morgan fingerprint density at radius 1 is 1.07 bits per heavy atom. The zero-order chi connectivity index (χ0) is 19.8. The number of carbonyl (C=O) groups excluding carboxylic acids is 2. The maximum absolute atomic E-state index is 12.2. The molecule has 0 aliphatic heterocycles. The van der Waals surface area contributed by atoms with E-state index in [-0.39, 0.29) is 18.4 Å². The zero-order valence-electron chi connectivity index (χ0n) is 16.3. The molecule has 6 heteroatoms. The topological polar surface area (TPSA) is 70.7 Å². The highest BCUT2D eigenvalue weighted by atomic mass is 16.5. The third-order valence-corrected chi connectivity index (χ3v) is 4.17. The number of benzene rings is 2. The molecule has 2 rings (SSSR count). The number of amides is 2. The van der Waals surface area contributed by atoms with Gasteiger partial charge in [0.25, 0.3) is 11.8 Å². The summed E-state index contributed by atoms with van der Waals surface area (Å²) in [6, 6.07) is 12.6. The first-order chi connectivity index (χ1) is 12.9. The molecule has 0 radical (unpaired) electrons. The molecule has 0 aliphatic rings. The summed E-state index contributed by atoms with van der Waals surface area (Å²) in [5, 5.41) is 5.61. The third-order valence-electron chi connectivity index (χ3n) is 4.17. The van der Waals surface area contributed by atoms with Gasteiger partial charge in [-0.3, -0.25) is 9.59 Å². The van der Waals surface area contributed by atoms with Gasteiger partial charge in [-0.05, 0) is 63.3 Å². The van der Waals surface area contributed by atoms with Crippen molar-refractivity contribution in [2.45, 2.75) is 13.8 Å². The number of hydrogen-bond acceptors (Lipinski definition) is 4. The molecule has 0 saturated heterocycles. The SMILES string of the molecule is Cc1cccc(OCC(=O)Nc2cccc(C(=O)NCCN(C)C)c2)c1C. The molecule has 0 fully saturated rings. The minimum atomic E-state index is -0.277. The maximum Gasteiger partial charge on any atom is 0.262 e. The Kier molecular flexibility index (Phi) is 7.37. The zero-order valence-corrected chi connectivity index (χ0v) is 16.3. The first kappa shape index (κ1) is 20.5. The summed E-state index contributed by atoms with van der Waals surface area (Å²) in [7, 11) is 3.89. The fourth-order valence-electron chi connectivity index (χ4n) is 2.45. The lowest BCUT2D eigenvalue weighted by atomic mass is 10.1. The van der Waals surface area contributed by atoms with Gasteiger partial charge in [0, 0.05) is 24.3 Å². The molecule has 2 N–H and O–H groups in total. The van der Waals surface area contributed by atoms with Gasteiger partial charge in [-0.25, -0.2) is 0 Å². The van der Waals surface area contributed by atoms with Gasteiger partial charge < -0.3 is 20.3 Å². The van der Waals surface area contributed by atoms with Crippen LogP contribution in [-0.2, 0) is 4.79 Å². The summed E-state index contributed by atoms with van der Waals surface area (Å²) in [5.74, 6) is 0.250. The highest BCUT2D eigenvalue weighted by molar-refractivity contribution is 5.97. The number of nitrogens with one attached hydrogen (secondary N) is 2. The smallest absolute Gasteiger partial charge is 0.262 e. The van der Waals surface area contributed by atoms with Crippen molar-refractivity contribution < 1.29 is 14.3 Å². The van der Waals surface area contributed by atoms with Crippen molar-refractivity contribution in [1.82, 2.24) is 10.2 Å². The number of ether oxygens (including phenoxy) is 1. The van der Waals surface area contributed by atoms with Crippen LogP contribution in [0.2, 0.25) is 0 Å². The monoisotopic (exact) mass is 369 g/mol. The Hall–Kier alpha value is -2.86. The van der Waals surface area contributed by atoms with Gasteiger partial charge in [-0.1, -0.05) is 18.2 Å². The van der Waals surface area contributed by atoms with Crippen LogP contribution in [0.25, 0.3) is 0 Å². The van der Waals surface area contributed by atoms with Crippen LogP contribution >= 0.6 is 0 Å². The van der Waals surface area contributed by atoms with Gasteiger partial charge in [-0.15, -0.1) is 0 Å². The lowest BCUT2D eigenvalue weighted by Crippen LogP contribution is -2.31. The van der Waals surface area contributed by atoms with Crippen LogP contribution in [0.5, 0.6) is 5.75 Å². The predicted molar refractivity (Wildman–Crippen MR) is 107 cm³/mol. The van der Waals surface area contributed by atoms with Crippen molar-refractivity contribution in [3.8, 4) is 5.75 Å². The molecule has 27 heavy (non-hydrogen) atoms. The Morgan fingerprint density at radius 2 is 1.81 bits per heavy atom. The average Bonchev–Trinajstić information content (AvgIpc) is 2.63. The lowest BCUT2D eigenvalue weighted by molar-refractivity contribution is -0.118. The van der Waals surface area contributed by atoms with E-state index < -0.39 is 0 Å². The van der Waals surface area contributed by atoms with Crippen molar-refractivity contribution in [2.24, 2.45) is 0 Å². The van der Waals surface area contributed by atoms with Crippen LogP contribution in [0, 0.1) is 13.8 Å². The van der Waals surface area contributed by atoms with Crippen LogP contribution in [0.15, 0.2) is 42.5 Å². The van der Waals surface area contributed by atoms with Crippen molar-refractivity contribution in [3.05, 3.63) is 59.2 Å². The maximum atomic E-state index is 12.2. The van der Waals surface area contributed by atoms with Gasteiger partial charge in [0.15, 0.2) is 6.61 Å². The molecule has 0 aliphatic carbocycles. The third kappa shape index (κ3) is 6.42. The molecule has 0 unspecified atom stereocenters. The van der Waals surface area contributed by atoms with Crippen molar-refractivity contribution >= 4 is 17.5 Å². The molecule has 6 nitrogen and oxygen atoms in total. The second-order valence-corrected chi connectivity index (χ2v) is 6.67. The van der Waals surface area contributed by atoms with E-state index in [1.54, 1.807) is 24.3 Å². The molecule has 0 spiro atoms. The molecule has 2 aromatic rings. The number of hydrogen-bond donors (Lipinski definition) is 2. The van der Waals surface area contributed by atoms with Crippen LogP contribution < -0.4 is 15.4 Å². The number of aryl methyl sites for hydroxylation is 1. The quantitative estimate of drug-likeness (QED) is 0.750. The van der Waals surface area contributed by atoms with E-state index in [2.05, 4.69) is 10.6 Å². The molecule has 0 heterocycles. The van der Waals surface area contributed by atoms with E-state index in [0.717, 1.165) is 17.7 Å².